The van der Waals surface area contributed by atoms with E-state index in [0.29, 0.717) is 30.1 Å². The fourth-order valence-corrected chi connectivity index (χ4v) is 20.1. The van der Waals surface area contributed by atoms with Gasteiger partial charge in [0.1, 0.15) is 33.3 Å². The van der Waals surface area contributed by atoms with Crippen molar-refractivity contribution in [2.45, 2.75) is 77.7 Å². The van der Waals surface area contributed by atoms with Crippen molar-refractivity contribution >= 4 is 137 Å². The lowest BCUT2D eigenvalue weighted by Crippen LogP contribution is -2.68. The normalized spacial score (nSPS) is 12.6. The Morgan fingerprint density at radius 3 is 1.22 bits per heavy atom. The number of carbonyl (C=O) groups is 4. The number of esters is 2. The smallest absolute Gasteiger partial charge is 0.342 e. The molecule has 3 N–H and O–H groups in total. The zero-order valence-electron chi connectivity index (χ0n) is 39.2. The molecule has 1 amide bonds. The Labute approximate surface area is 426 Å². The van der Waals surface area contributed by atoms with Gasteiger partial charge in [0.15, 0.2) is 0 Å². The van der Waals surface area contributed by atoms with Crippen molar-refractivity contribution in [2.24, 2.45) is 0 Å². The van der Waals surface area contributed by atoms with Crippen LogP contribution >= 0.6 is 66.1 Å². The molecule has 0 saturated carbocycles. The molecular weight excluding hydrogens is 1070 g/mol. The summed E-state index contributed by atoms with van der Waals surface area (Å²) in [6.45, 7) is 16.5. The number of rotatable bonds is 13. The number of carbonyl (C=O) groups excluding carboxylic acids is 4. The lowest BCUT2D eigenvalue weighted by Gasteiger charge is -2.44. The second kappa shape index (κ2) is 24.4. The van der Waals surface area contributed by atoms with Gasteiger partial charge in [-0.25, -0.2) is 9.59 Å². The molecule has 0 aliphatic heterocycles. The van der Waals surface area contributed by atoms with Crippen molar-refractivity contribution in [1.82, 2.24) is 0 Å². The minimum absolute atomic E-state index is 0.156. The Morgan fingerprint density at radius 2 is 0.910 bits per heavy atom. The first-order valence-corrected chi connectivity index (χ1v) is 28.6. The molecular formula is C50H57Br2ClN2O8S2Si2. The molecule has 10 nitrogen and oxygen atoms in total. The second-order valence-electron chi connectivity index (χ2n) is 17.2. The molecule has 6 rings (SSSR count). The second-order valence-corrected chi connectivity index (χ2v) is 29.6. The summed E-state index contributed by atoms with van der Waals surface area (Å²) in [6.07, 6.45) is -1.41. The molecule has 67 heavy (non-hydrogen) atoms. The first-order chi connectivity index (χ1) is 31.6. The lowest BCUT2D eigenvalue weighted by molar-refractivity contribution is -0.122. The summed E-state index contributed by atoms with van der Waals surface area (Å²) in [5, 5.41) is 10.9. The fraction of sp³-hybridized carbons (Fsp3) is 0.280. The van der Waals surface area contributed by atoms with Crippen LogP contribution in [0.25, 0.3) is 0 Å². The summed E-state index contributed by atoms with van der Waals surface area (Å²) >= 11 is 14.8. The van der Waals surface area contributed by atoms with Gasteiger partial charge < -0.3 is 29.4 Å². The van der Waals surface area contributed by atoms with Gasteiger partial charge in [0.25, 0.3) is 22.5 Å². The predicted octanol–water partition coefficient (Wildman–Crippen LogP) is 10.8. The van der Waals surface area contributed by atoms with Crippen LogP contribution in [0.5, 0.6) is 0 Å². The monoisotopic (exact) mass is 1130 g/mol. The molecule has 356 valence electrons. The van der Waals surface area contributed by atoms with E-state index in [4.69, 9.17) is 30.9 Å². The van der Waals surface area contributed by atoms with Crippen LogP contribution in [-0.2, 0) is 27.9 Å². The molecule has 2 heterocycles. The maximum Gasteiger partial charge on any atom is 0.342 e. The molecule has 0 aliphatic carbocycles. The van der Waals surface area contributed by atoms with Crippen molar-refractivity contribution in [3.63, 3.8) is 0 Å². The van der Waals surface area contributed by atoms with E-state index in [9.17, 15) is 19.2 Å². The minimum Gasteiger partial charge on any atom is -0.465 e. The van der Waals surface area contributed by atoms with Crippen molar-refractivity contribution in [1.29, 1.82) is 0 Å². The Hall–Kier alpha value is -4.24. The highest BCUT2D eigenvalue weighted by Crippen LogP contribution is 2.39. The predicted molar refractivity (Wildman–Crippen MR) is 287 cm³/mol. The van der Waals surface area contributed by atoms with Crippen LogP contribution in [-0.4, -0.2) is 66.2 Å². The van der Waals surface area contributed by atoms with Crippen LogP contribution in [0.4, 0.5) is 10.0 Å². The summed E-state index contributed by atoms with van der Waals surface area (Å²) in [5.74, 6) is -1.24. The molecule has 6 aromatic rings. The SMILES string of the molecule is COC(=O)c1c(Br)csc1N.COC(=O)c1c(Br)csc1NC(=O)[C@H](C)O[Si](c1ccccc1)(c1ccccc1)C(C)(C)C.C[C@H](O[Si](c1ccccc1)(c1ccccc1)C(C)(C)C)C(=O)Cl. The molecule has 0 radical (unpaired) electrons. The number of methoxy groups -OCH3 is 2. The minimum atomic E-state index is -2.89. The molecule has 0 saturated heterocycles. The van der Waals surface area contributed by atoms with Crippen LogP contribution in [0.2, 0.25) is 10.1 Å². The average molecular weight is 1130 g/mol. The molecule has 0 unspecified atom stereocenters. The quantitative estimate of drug-likeness (QED) is 0.0656. The van der Waals surface area contributed by atoms with E-state index in [0.717, 1.165) is 20.7 Å². The largest absolute Gasteiger partial charge is 0.465 e. The molecule has 0 fully saturated rings. The van der Waals surface area contributed by atoms with Gasteiger partial charge in [0, 0.05) is 19.7 Å². The Bertz CT molecular complexity index is 2470. The van der Waals surface area contributed by atoms with E-state index in [2.05, 4.69) is 132 Å². The van der Waals surface area contributed by atoms with Crippen LogP contribution in [0.1, 0.15) is 76.1 Å². The van der Waals surface area contributed by atoms with Gasteiger partial charge in [0.2, 0.25) is 5.24 Å². The van der Waals surface area contributed by atoms with Gasteiger partial charge >= 0.3 is 11.9 Å². The number of halogens is 3. The molecule has 2 atom stereocenters. The maximum absolute atomic E-state index is 13.3. The molecule has 0 aliphatic rings. The Morgan fingerprint density at radius 1 is 0.582 bits per heavy atom. The van der Waals surface area contributed by atoms with E-state index >= 15 is 0 Å². The zero-order chi connectivity index (χ0) is 49.7. The maximum atomic E-state index is 13.3. The van der Waals surface area contributed by atoms with Crippen LogP contribution in [0.15, 0.2) is 141 Å². The number of hydrogen-bond donors (Lipinski definition) is 2. The number of nitrogens with one attached hydrogen (secondary N) is 1. The van der Waals surface area contributed by atoms with E-state index < -0.39 is 46.0 Å². The van der Waals surface area contributed by atoms with E-state index in [1.54, 1.807) is 24.6 Å². The average Bonchev–Trinajstić information content (AvgIpc) is 3.85. The third-order valence-electron chi connectivity index (χ3n) is 10.8. The fourth-order valence-electron chi connectivity index (χ4n) is 7.60. The van der Waals surface area contributed by atoms with Crippen LogP contribution in [0, 0.1) is 0 Å². The topological polar surface area (TPSA) is 143 Å². The van der Waals surface area contributed by atoms with Gasteiger partial charge in [-0.15, -0.1) is 22.7 Å². The van der Waals surface area contributed by atoms with Gasteiger partial charge in [-0.3, -0.25) is 9.59 Å². The molecule has 17 heteroatoms. The summed E-state index contributed by atoms with van der Waals surface area (Å²) in [7, 11) is -2.93. The lowest BCUT2D eigenvalue weighted by atomic mass is 10.2. The summed E-state index contributed by atoms with van der Waals surface area (Å²) in [4.78, 5) is 48.1. The highest BCUT2D eigenvalue weighted by atomic mass is 79.9. The standard InChI is InChI=1S/C25H28BrNO4SSi.C19H23ClO2Si.C6H6BrNO2S/c1-17(22(28)27-23-21(24(29)30-5)20(26)16-32-23)31-33(25(2,3)4,18-12-8-6-9-13-18)19-14-10-7-11-15-19;1-15(18(20)21)22-23(19(2,3)4,16-11-7-5-8-12-16)17-13-9-6-10-14-17;1-10-6(9)4-3(7)2-11-5(4)8/h6-17H,1-5H3,(H,27,28);5-15H,1-4H3;2H,8H2,1H3/t17-;15-;/m00./s1. The van der Waals surface area contributed by atoms with Crippen molar-refractivity contribution < 1.29 is 37.5 Å². The van der Waals surface area contributed by atoms with Gasteiger partial charge in [-0.1, -0.05) is 163 Å². The molecule has 4 aromatic carbocycles. The number of nitrogen functional groups attached to an aromatic ring is 1. The third-order valence-corrected chi connectivity index (χ3v) is 24.9. The first kappa shape index (κ1) is 55.4. The van der Waals surface area contributed by atoms with Crippen molar-refractivity contribution in [3.05, 3.63) is 152 Å². The number of ether oxygens (including phenoxy) is 2. The zero-order valence-corrected chi connectivity index (χ0v) is 46.7. The highest BCUT2D eigenvalue weighted by molar-refractivity contribution is 9.11. The van der Waals surface area contributed by atoms with Crippen LogP contribution in [0.3, 0.4) is 0 Å². The van der Waals surface area contributed by atoms with E-state index in [-0.39, 0.29) is 16.0 Å². The van der Waals surface area contributed by atoms with E-state index in [1.165, 1.54) is 36.9 Å². The number of amides is 1. The number of benzene rings is 4. The molecule has 0 bridgehead atoms. The molecule has 0 spiro atoms. The highest BCUT2D eigenvalue weighted by Gasteiger charge is 2.53. The third kappa shape index (κ3) is 13.1. The van der Waals surface area contributed by atoms with Crippen LogP contribution < -0.4 is 31.8 Å². The van der Waals surface area contributed by atoms with E-state index in [1.807, 2.05) is 72.8 Å². The number of hydrogen-bond acceptors (Lipinski definition) is 11. The Balaban J connectivity index is 0.000000248. The van der Waals surface area contributed by atoms with Gasteiger partial charge in [0.05, 0.1) is 14.2 Å². The van der Waals surface area contributed by atoms with Gasteiger partial charge in [-0.2, -0.15) is 0 Å². The summed E-state index contributed by atoms with van der Waals surface area (Å²) < 4.78 is 24.0. The number of anilines is 2. The summed E-state index contributed by atoms with van der Waals surface area (Å²) in [6, 6.07) is 40.7. The van der Waals surface area contributed by atoms with Gasteiger partial charge in [-0.05, 0) is 88.1 Å². The first-order valence-electron chi connectivity index (χ1n) is 21.1. The van der Waals surface area contributed by atoms with Crippen molar-refractivity contribution in [3.8, 4) is 0 Å². The summed E-state index contributed by atoms with van der Waals surface area (Å²) in [5.41, 5.74) is 6.22. The number of thiophene rings is 2. The Kier molecular flexibility index (Phi) is 20.1. The molecule has 2 aromatic heterocycles. The number of nitrogens with two attached hydrogens (primary N) is 1. The van der Waals surface area contributed by atoms with Crippen molar-refractivity contribution in [2.75, 3.05) is 25.3 Å².